The number of amides is 1. The molecule has 0 aromatic heterocycles. The summed E-state index contributed by atoms with van der Waals surface area (Å²) in [5.74, 6) is -1.44. The van der Waals surface area contributed by atoms with E-state index in [1.54, 1.807) is 6.92 Å². The van der Waals surface area contributed by atoms with Crippen LogP contribution >= 0.6 is 37.2 Å². The Morgan fingerprint density at radius 3 is 2.19 bits per heavy atom. The molecular formula is C7H16I2N2O4S. The van der Waals surface area contributed by atoms with E-state index < -0.39 is 21.9 Å². The van der Waals surface area contributed by atoms with E-state index in [2.05, 4.69) is 42.5 Å². The SMILES string of the molecule is CC(CN(C)C)C(=O)NCS(=O)(=O)O.II. The molecule has 0 saturated carbocycles. The van der Waals surface area contributed by atoms with Crippen molar-refractivity contribution in [3.8, 4) is 0 Å². The van der Waals surface area contributed by atoms with E-state index >= 15 is 0 Å². The van der Waals surface area contributed by atoms with Gasteiger partial charge in [-0.25, -0.2) is 0 Å². The van der Waals surface area contributed by atoms with Crippen LogP contribution in [0.4, 0.5) is 0 Å². The first-order valence-electron chi connectivity index (χ1n) is 4.24. The fourth-order valence-corrected chi connectivity index (χ4v) is 1.29. The third kappa shape index (κ3) is 12.9. The second-order valence-electron chi connectivity index (χ2n) is 3.43. The summed E-state index contributed by atoms with van der Waals surface area (Å²) in [5, 5.41) is 2.12. The minimum atomic E-state index is -4.13. The number of nitrogens with one attached hydrogen (secondary N) is 1. The summed E-state index contributed by atoms with van der Waals surface area (Å²) >= 11 is 4.24. The molecule has 0 rings (SSSR count). The molecule has 1 amide bonds. The highest BCUT2D eigenvalue weighted by atomic mass is 128. The molecule has 98 valence electrons. The molecule has 0 fully saturated rings. The van der Waals surface area contributed by atoms with Gasteiger partial charge in [-0.15, -0.1) is 0 Å². The molecule has 1 atom stereocenters. The Hall–Kier alpha value is 0.800. The number of carbonyl (C=O) groups excluding carboxylic acids is 1. The Bertz CT molecular complexity index is 295. The van der Waals surface area contributed by atoms with E-state index in [1.165, 1.54) is 0 Å². The van der Waals surface area contributed by atoms with E-state index in [0.29, 0.717) is 6.54 Å². The van der Waals surface area contributed by atoms with Crippen molar-refractivity contribution in [2.75, 3.05) is 26.5 Å². The van der Waals surface area contributed by atoms with Crippen molar-refractivity contribution >= 4 is 53.3 Å². The lowest BCUT2D eigenvalue weighted by Gasteiger charge is -2.15. The lowest BCUT2D eigenvalue weighted by molar-refractivity contribution is -0.124. The molecule has 6 nitrogen and oxygen atoms in total. The van der Waals surface area contributed by atoms with E-state index in [4.69, 9.17) is 4.55 Å². The van der Waals surface area contributed by atoms with Crippen molar-refractivity contribution < 1.29 is 17.8 Å². The van der Waals surface area contributed by atoms with Gasteiger partial charge in [0.25, 0.3) is 10.1 Å². The fourth-order valence-electron chi connectivity index (χ4n) is 0.967. The maximum atomic E-state index is 11.2. The Morgan fingerprint density at radius 1 is 1.44 bits per heavy atom. The largest absolute Gasteiger partial charge is 0.340 e. The van der Waals surface area contributed by atoms with E-state index in [0.717, 1.165) is 0 Å². The summed E-state index contributed by atoms with van der Waals surface area (Å²) in [6.07, 6.45) is 0. The third-order valence-corrected chi connectivity index (χ3v) is 2.02. The smallest absolute Gasteiger partial charge is 0.283 e. The molecule has 0 radical (unpaired) electrons. The van der Waals surface area contributed by atoms with Gasteiger partial charge in [-0.05, 0) is 14.1 Å². The maximum absolute atomic E-state index is 11.2. The standard InChI is InChI=1S/C7H16N2O4S.I2/c1-6(4-9(2)3)7(10)8-5-14(11,12)13;1-2/h6H,4-5H2,1-3H3,(H,8,10)(H,11,12,13);. The van der Waals surface area contributed by atoms with Gasteiger partial charge in [0.2, 0.25) is 5.91 Å². The van der Waals surface area contributed by atoms with Crippen LogP contribution in [0.25, 0.3) is 0 Å². The normalized spacial score (nSPS) is 12.7. The number of hydrogen-bond donors (Lipinski definition) is 2. The summed E-state index contributed by atoms with van der Waals surface area (Å²) in [4.78, 5) is 13.0. The topological polar surface area (TPSA) is 86.7 Å². The van der Waals surface area contributed by atoms with Crippen LogP contribution in [0.2, 0.25) is 0 Å². The molecule has 0 saturated heterocycles. The van der Waals surface area contributed by atoms with Crippen LogP contribution in [0, 0.1) is 5.92 Å². The summed E-state index contributed by atoms with van der Waals surface area (Å²) < 4.78 is 29.0. The van der Waals surface area contributed by atoms with E-state index in [-0.39, 0.29) is 5.92 Å². The molecule has 2 N–H and O–H groups in total. The van der Waals surface area contributed by atoms with Crippen molar-refractivity contribution in [3.63, 3.8) is 0 Å². The predicted octanol–water partition coefficient (Wildman–Crippen LogP) is 0.917. The van der Waals surface area contributed by atoms with Gasteiger partial charge in [-0.2, -0.15) is 8.42 Å². The molecule has 0 bridgehead atoms. The summed E-state index contributed by atoms with van der Waals surface area (Å²) in [5.41, 5.74) is 0. The molecule has 9 heteroatoms. The van der Waals surface area contributed by atoms with Crippen molar-refractivity contribution in [2.24, 2.45) is 5.92 Å². The van der Waals surface area contributed by atoms with Crippen LogP contribution < -0.4 is 5.32 Å². The highest BCUT2D eigenvalue weighted by molar-refractivity contribution is 15.0. The molecule has 16 heavy (non-hydrogen) atoms. The second-order valence-corrected chi connectivity index (χ2v) is 4.88. The Balaban J connectivity index is 0. The molecule has 0 aromatic carbocycles. The fraction of sp³-hybridized carbons (Fsp3) is 0.857. The minimum absolute atomic E-state index is 0.313. The molecule has 0 aliphatic carbocycles. The van der Waals surface area contributed by atoms with Crippen LogP contribution in [-0.4, -0.2) is 50.3 Å². The highest BCUT2D eigenvalue weighted by Gasteiger charge is 2.15. The van der Waals surface area contributed by atoms with Crippen LogP contribution in [0.3, 0.4) is 0 Å². The minimum Gasteiger partial charge on any atom is -0.340 e. The van der Waals surface area contributed by atoms with Gasteiger partial charge in [0.15, 0.2) is 0 Å². The Labute approximate surface area is 120 Å². The van der Waals surface area contributed by atoms with Gasteiger partial charge in [-0.3, -0.25) is 9.35 Å². The van der Waals surface area contributed by atoms with Crippen molar-refractivity contribution in [1.29, 1.82) is 0 Å². The average Bonchev–Trinajstić information content (AvgIpc) is 2.15. The average molecular weight is 478 g/mol. The van der Waals surface area contributed by atoms with E-state index in [9.17, 15) is 13.2 Å². The van der Waals surface area contributed by atoms with Crippen molar-refractivity contribution in [3.05, 3.63) is 0 Å². The number of carbonyl (C=O) groups is 1. The van der Waals surface area contributed by atoms with Crippen LogP contribution in [-0.2, 0) is 14.9 Å². The van der Waals surface area contributed by atoms with Crippen molar-refractivity contribution in [1.82, 2.24) is 10.2 Å². The first-order valence-corrected chi connectivity index (χ1v) is 12.1. The quantitative estimate of drug-likeness (QED) is 0.454. The van der Waals surface area contributed by atoms with E-state index in [1.807, 2.05) is 19.0 Å². The zero-order chi connectivity index (χ0) is 13.4. The lowest BCUT2D eigenvalue weighted by atomic mass is 10.1. The van der Waals surface area contributed by atoms with Gasteiger partial charge < -0.3 is 10.2 Å². The molecular weight excluding hydrogens is 462 g/mol. The zero-order valence-electron chi connectivity index (χ0n) is 9.27. The number of rotatable bonds is 5. The zero-order valence-corrected chi connectivity index (χ0v) is 14.4. The lowest BCUT2D eigenvalue weighted by Crippen LogP contribution is -2.37. The number of halogens is 2. The van der Waals surface area contributed by atoms with Gasteiger partial charge in [0.05, 0.1) is 0 Å². The predicted molar refractivity (Wildman–Crippen MR) is 80.3 cm³/mol. The maximum Gasteiger partial charge on any atom is 0.283 e. The molecule has 0 aliphatic rings. The van der Waals surface area contributed by atoms with Crippen LogP contribution in [0.1, 0.15) is 6.92 Å². The van der Waals surface area contributed by atoms with Gasteiger partial charge in [-0.1, -0.05) is 6.92 Å². The highest BCUT2D eigenvalue weighted by Crippen LogP contribution is 1.96. The number of hydrogen-bond acceptors (Lipinski definition) is 4. The molecule has 0 aromatic rings. The molecule has 0 spiro atoms. The summed E-state index contributed by atoms with van der Waals surface area (Å²) in [6.45, 7) is 2.20. The van der Waals surface area contributed by atoms with Gasteiger partial charge >= 0.3 is 0 Å². The summed E-state index contributed by atoms with van der Waals surface area (Å²) in [7, 11) is -0.503. The third-order valence-electron chi connectivity index (χ3n) is 1.52. The first kappa shape index (κ1) is 19.1. The summed E-state index contributed by atoms with van der Waals surface area (Å²) in [6, 6.07) is 0. The van der Waals surface area contributed by atoms with Gasteiger partial charge in [0, 0.05) is 49.7 Å². The number of nitrogens with zero attached hydrogens (tertiary/aromatic N) is 1. The molecule has 0 heterocycles. The molecule has 0 aliphatic heterocycles. The monoisotopic (exact) mass is 478 g/mol. The first-order chi connectivity index (χ1) is 7.22. The Kier molecular flexibility index (Phi) is 11.7. The second kappa shape index (κ2) is 9.79. The van der Waals surface area contributed by atoms with Crippen LogP contribution in [0.5, 0.6) is 0 Å². The van der Waals surface area contributed by atoms with Crippen molar-refractivity contribution in [2.45, 2.75) is 6.92 Å². The van der Waals surface area contributed by atoms with Gasteiger partial charge in [0.1, 0.15) is 5.88 Å². The Morgan fingerprint density at radius 2 is 1.88 bits per heavy atom. The van der Waals surface area contributed by atoms with Crippen LogP contribution in [0.15, 0.2) is 0 Å². The molecule has 1 unspecified atom stereocenters.